The van der Waals surface area contributed by atoms with Gasteiger partial charge in [-0.1, -0.05) is 22.0 Å². The van der Waals surface area contributed by atoms with Gasteiger partial charge in [-0.2, -0.15) is 13.2 Å². The van der Waals surface area contributed by atoms with Crippen molar-refractivity contribution in [3.05, 3.63) is 34.1 Å². The van der Waals surface area contributed by atoms with Gasteiger partial charge in [0.1, 0.15) is 12.4 Å². The van der Waals surface area contributed by atoms with Crippen LogP contribution in [0.5, 0.6) is 0 Å². The highest BCUT2D eigenvalue weighted by Crippen LogP contribution is 2.24. The van der Waals surface area contributed by atoms with Gasteiger partial charge in [0, 0.05) is 16.3 Å². The summed E-state index contributed by atoms with van der Waals surface area (Å²) >= 11 is 5.94. The molecule has 0 N–H and O–H groups in total. The normalized spacial score (nSPS) is 11.5. The highest BCUT2D eigenvalue weighted by atomic mass is 79.9. The van der Waals surface area contributed by atoms with Gasteiger partial charge < -0.3 is 4.90 Å². The third kappa shape index (κ3) is 4.76. The molecule has 0 unspecified atom stereocenters. The maximum Gasteiger partial charge on any atom is 0.406 e. The standard InChI is InChI=1S/C11H9Br2F4NO/c12-4-5-18(6-11(15,16)17)10(19)9-7(13)2-1-3-8(9)14/h1-3H,4-6H2. The minimum absolute atomic E-state index is 0.124. The molecular formula is C11H9Br2F4NO. The molecule has 0 aliphatic rings. The number of rotatable bonds is 4. The molecule has 0 atom stereocenters. The Morgan fingerprint density at radius 1 is 1.32 bits per heavy atom. The zero-order valence-corrected chi connectivity index (χ0v) is 12.6. The van der Waals surface area contributed by atoms with Gasteiger partial charge in [0.2, 0.25) is 0 Å². The van der Waals surface area contributed by atoms with E-state index in [9.17, 15) is 22.4 Å². The predicted molar refractivity (Wildman–Crippen MR) is 69.9 cm³/mol. The number of nitrogens with zero attached hydrogens (tertiary/aromatic N) is 1. The van der Waals surface area contributed by atoms with E-state index >= 15 is 0 Å². The van der Waals surface area contributed by atoms with Gasteiger partial charge in [0.15, 0.2) is 0 Å². The Hall–Kier alpha value is -0.630. The molecule has 0 saturated heterocycles. The van der Waals surface area contributed by atoms with Crippen molar-refractivity contribution >= 4 is 37.8 Å². The second-order valence-electron chi connectivity index (χ2n) is 3.63. The molecule has 8 heteroatoms. The molecular weight excluding hydrogens is 398 g/mol. The molecule has 1 aromatic rings. The summed E-state index contributed by atoms with van der Waals surface area (Å²) in [6, 6.07) is 3.78. The van der Waals surface area contributed by atoms with Gasteiger partial charge in [-0.05, 0) is 28.1 Å². The summed E-state index contributed by atoms with van der Waals surface area (Å²) in [4.78, 5) is 12.5. The van der Waals surface area contributed by atoms with Crippen molar-refractivity contribution in [3.8, 4) is 0 Å². The Morgan fingerprint density at radius 3 is 2.42 bits per heavy atom. The van der Waals surface area contributed by atoms with E-state index in [1.54, 1.807) is 0 Å². The third-order valence-corrected chi connectivity index (χ3v) is 3.20. The average molecular weight is 407 g/mol. The highest BCUT2D eigenvalue weighted by Gasteiger charge is 2.34. The minimum atomic E-state index is -4.53. The van der Waals surface area contributed by atoms with Gasteiger partial charge in [0.25, 0.3) is 5.91 Å². The van der Waals surface area contributed by atoms with Crippen LogP contribution in [0.15, 0.2) is 22.7 Å². The van der Waals surface area contributed by atoms with Crippen molar-refractivity contribution in [2.24, 2.45) is 0 Å². The summed E-state index contributed by atoms with van der Waals surface area (Å²) < 4.78 is 50.9. The Morgan fingerprint density at radius 2 is 1.95 bits per heavy atom. The first-order valence-electron chi connectivity index (χ1n) is 5.12. The fraction of sp³-hybridized carbons (Fsp3) is 0.364. The maximum atomic E-state index is 13.6. The molecule has 1 rings (SSSR count). The number of alkyl halides is 4. The van der Waals surface area contributed by atoms with Crippen molar-refractivity contribution in [2.75, 3.05) is 18.4 Å². The quantitative estimate of drug-likeness (QED) is 0.547. The van der Waals surface area contributed by atoms with Crippen molar-refractivity contribution in [3.63, 3.8) is 0 Å². The second kappa shape index (κ2) is 6.69. The van der Waals surface area contributed by atoms with E-state index in [1.165, 1.54) is 12.1 Å². The fourth-order valence-corrected chi connectivity index (χ4v) is 2.37. The number of hydrogen-bond donors (Lipinski definition) is 0. The predicted octanol–water partition coefficient (Wildman–Crippen LogP) is 3.99. The molecule has 1 amide bonds. The summed E-state index contributed by atoms with van der Waals surface area (Å²) in [6.07, 6.45) is -4.53. The molecule has 19 heavy (non-hydrogen) atoms. The molecule has 1 aromatic carbocycles. The fourth-order valence-electron chi connectivity index (χ4n) is 1.43. The van der Waals surface area contributed by atoms with Crippen LogP contribution < -0.4 is 0 Å². The van der Waals surface area contributed by atoms with E-state index in [1.807, 2.05) is 0 Å². The van der Waals surface area contributed by atoms with Gasteiger partial charge in [-0.3, -0.25) is 4.79 Å². The van der Waals surface area contributed by atoms with Crippen LogP contribution in [0.25, 0.3) is 0 Å². The molecule has 0 heterocycles. The van der Waals surface area contributed by atoms with E-state index in [0.717, 1.165) is 6.07 Å². The highest BCUT2D eigenvalue weighted by molar-refractivity contribution is 9.10. The first-order valence-corrected chi connectivity index (χ1v) is 7.03. The molecule has 0 bridgehead atoms. The average Bonchev–Trinajstić information content (AvgIpc) is 2.26. The van der Waals surface area contributed by atoms with E-state index in [-0.39, 0.29) is 16.3 Å². The first-order chi connectivity index (χ1) is 8.76. The molecule has 0 radical (unpaired) electrons. The van der Waals surface area contributed by atoms with Crippen molar-refractivity contribution in [2.45, 2.75) is 6.18 Å². The van der Waals surface area contributed by atoms with Gasteiger partial charge in [0.05, 0.1) is 5.56 Å². The molecule has 106 valence electrons. The first kappa shape index (κ1) is 16.4. The Balaban J connectivity index is 3.06. The molecule has 0 aromatic heterocycles. The molecule has 0 aliphatic heterocycles. The maximum absolute atomic E-state index is 13.6. The van der Waals surface area contributed by atoms with E-state index in [4.69, 9.17) is 0 Å². The molecule has 0 spiro atoms. The summed E-state index contributed by atoms with van der Waals surface area (Å²) in [6.45, 7) is -1.59. The number of carbonyl (C=O) groups excluding carboxylic acids is 1. The zero-order chi connectivity index (χ0) is 14.6. The van der Waals surface area contributed by atoms with Crippen molar-refractivity contribution < 1.29 is 22.4 Å². The lowest BCUT2D eigenvalue weighted by Crippen LogP contribution is -2.40. The van der Waals surface area contributed by atoms with Crippen LogP contribution in [0.2, 0.25) is 0 Å². The number of carbonyl (C=O) groups is 1. The zero-order valence-electron chi connectivity index (χ0n) is 9.48. The van der Waals surface area contributed by atoms with Crippen LogP contribution in [0.4, 0.5) is 17.6 Å². The van der Waals surface area contributed by atoms with Gasteiger partial charge in [-0.25, -0.2) is 4.39 Å². The third-order valence-electron chi connectivity index (χ3n) is 2.19. The SMILES string of the molecule is O=C(c1c(F)cccc1Br)N(CCBr)CC(F)(F)F. The van der Waals surface area contributed by atoms with Crippen LogP contribution in [-0.2, 0) is 0 Å². The second-order valence-corrected chi connectivity index (χ2v) is 5.27. The number of benzene rings is 1. The minimum Gasteiger partial charge on any atom is -0.329 e. The number of amides is 1. The van der Waals surface area contributed by atoms with Crippen LogP contribution in [0.1, 0.15) is 10.4 Å². The number of halogens is 6. The van der Waals surface area contributed by atoms with Crippen LogP contribution >= 0.6 is 31.9 Å². The lowest BCUT2D eigenvalue weighted by atomic mass is 10.2. The van der Waals surface area contributed by atoms with E-state index in [2.05, 4.69) is 31.9 Å². The van der Waals surface area contributed by atoms with Crippen LogP contribution in [-0.4, -0.2) is 35.4 Å². The van der Waals surface area contributed by atoms with Crippen LogP contribution in [0, 0.1) is 5.82 Å². The molecule has 0 saturated carbocycles. The lowest BCUT2D eigenvalue weighted by Gasteiger charge is -2.23. The summed E-state index contributed by atoms with van der Waals surface area (Å²) in [7, 11) is 0. The summed E-state index contributed by atoms with van der Waals surface area (Å²) in [5.74, 6) is -1.86. The van der Waals surface area contributed by atoms with Crippen molar-refractivity contribution in [1.82, 2.24) is 4.90 Å². The monoisotopic (exact) mass is 405 g/mol. The largest absolute Gasteiger partial charge is 0.406 e. The Bertz CT molecular complexity index is 444. The topological polar surface area (TPSA) is 20.3 Å². The smallest absolute Gasteiger partial charge is 0.329 e. The van der Waals surface area contributed by atoms with Crippen LogP contribution in [0.3, 0.4) is 0 Å². The molecule has 2 nitrogen and oxygen atoms in total. The summed E-state index contributed by atoms with van der Waals surface area (Å²) in [5, 5.41) is 0.168. The van der Waals surface area contributed by atoms with Gasteiger partial charge in [-0.15, -0.1) is 0 Å². The van der Waals surface area contributed by atoms with E-state index in [0.29, 0.717) is 4.90 Å². The molecule has 0 fully saturated rings. The number of hydrogen-bond acceptors (Lipinski definition) is 1. The Labute approximate surface area is 124 Å². The summed E-state index contributed by atoms with van der Waals surface area (Å²) in [5.41, 5.74) is -0.396. The van der Waals surface area contributed by atoms with E-state index < -0.39 is 30.0 Å². The van der Waals surface area contributed by atoms with Crippen molar-refractivity contribution in [1.29, 1.82) is 0 Å². The van der Waals surface area contributed by atoms with Gasteiger partial charge >= 0.3 is 6.18 Å². The lowest BCUT2D eigenvalue weighted by molar-refractivity contribution is -0.140. The molecule has 0 aliphatic carbocycles. The Kier molecular flexibility index (Phi) is 5.79.